The second kappa shape index (κ2) is 9.68. The zero-order valence-corrected chi connectivity index (χ0v) is 18.7. The van der Waals surface area contributed by atoms with E-state index in [9.17, 15) is 17.6 Å². The number of piperazine rings is 1. The van der Waals surface area contributed by atoms with Gasteiger partial charge in [0.2, 0.25) is 10.0 Å². The Morgan fingerprint density at radius 1 is 1.06 bits per heavy atom. The van der Waals surface area contributed by atoms with Gasteiger partial charge in [-0.1, -0.05) is 24.3 Å². The Kier molecular flexibility index (Phi) is 6.95. The number of halogens is 1. The van der Waals surface area contributed by atoms with E-state index in [1.165, 1.54) is 22.5 Å². The summed E-state index contributed by atoms with van der Waals surface area (Å²) in [7, 11) is -3.93. The molecule has 2 heterocycles. The molecule has 9 heteroatoms. The summed E-state index contributed by atoms with van der Waals surface area (Å²) < 4.78 is 46.5. The van der Waals surface area contributed by atoms with E-state index in [2.05, 4.69) is 0 Å². The molecule has 31 heavy (non-hydrogen) atoms. The van der Waals surface area contributed by atoms with E-state index >= 15 is 0 Å². The molecule has 166 valence electrons. The van der Waals surface area contributed by atoms with Crippen molar-refractivity contribution in [3.8, 4) is 0 Å². The van der Waals surface area contributed by atoms with Crippen molar-refractivity contribution in [3.05, 3.63) is 59.9 Å². The highest BCUT2D eigenvalue weighted by atomic mass is 32.2. The zero-order chi connectivity index (χ0) is 21.8. The second-order valence-corrected chi connectivity index (χ2v) is 10.5. The van der Waals surface area contributed by atoms with Crippen molar-refractivity contribution in [3.63, 3.8) is 0 Å². The number of thioether (sulfide) groups is 1. The normalized spacial score (nSPS) is 20.2. The molecule has 0 N–H and O–H groups in total. The van der Waals surface area contributed by atoms with E-state index in [1.54, 1.807) is 16.7 Å². The van der Waals surface area contributed by atoms with Crippen LogP contribution in [0.2, 0.25) is 0 Å². The zero-order valence-electron chi connectivity index (χ0n) is 17.1. The molecular formula is C22H25FN2O4S2. The minimum absolute atomic E-state index is 0.113. The molecule has 2 aromatic carbocycles. The molecule has 2 aliphatic rings. The monoisotopic (exact) mass is 464 g/mol. The molecule has 2 fully saturated rings. The summed E-state index contributed by atoms with van der Waals surface area (Å²) in [5.41, 5.74) is 0.621. The maximum atomic E-state index is 14.0. The summed E-state index contributed by atoms with van der Waals surface area (Å²) in [4.78, 5) is 15.4. The van der Waals surface area contributed by atoms with Crippen molar-refractivity contribution in [1.82, 2.24) is 9.21 Å². The van der Waals surface area contributed by atoms with Crippen molar-refractivity contribution in [2.45, 2.75) is 28.7 Å². The van der Waals surface area contributed by atoms with Crippen LogP contribution in [0.3, 0.4) is 0 Å². The Labute approximate surface area is 186 Å². The molecule has 0 aliphatic carbocycles. The maximum absolute atomic E-state index is 14.0. The summed E-state index contributed by atoms with van der Waals surface area (Å²) in [6.45, 7) is 1.58. The molecule has 2 saturated heterocycles. The lowest BCUT2D eigenvalue weighted by Crippen LogP contribution is -2.50. The number of hydrogen-bond acceptors (Lipinski definition) is 5. The first kappa shape index (κ1) is 22.3. The molecule has 0 bridgehead atoms. The molecule has 0 spiro atoms. The number of nitrogens with zero attached hydrogens (tertiary/aromatic N) is 2. The van der Waals surface area contributed by atoms with Crippen LogP contribution < -0.4 is 0 Å². The van der Waals surface area contributed by atoms with Gasteiger partial charge in [0.25, 0.3) is 5.91 Å². The standard InChI is InChI=1S/C22H25FN2O4S2/c23-19-8-2-4-10-21(19)31(27,28)25-13-11-24(12-14-25)22(26)18-7-1-3-9-20(18)30-16-17-6-5-15-29-17/h1-4,7-10,17H,5-6,11-16H2. The van der Waals surface area contributed by atoms with E-state index < -0.39 is 15.8 Å². The first-order valence-corrected chi connectivity index (χ1v) is 12.8. The fraction of sp³-hybridized carbons (Fsp3) is 0.409. The number of hydrogen-bond donors (Lipinski definition) is 0. The summed E-state index contributed by atoms with van der Waals surface area (Å²) >= 11 is 1.62. The van der Waals surface area contributed by atoms with E-state index in [-0.39, 0.29) is 43.1 Å². The Hall–Kier alpha value is -1.94. The molecule has 2 aliphatic heterocycles. The molecule has 0 saturated carbocycles. The number of benzene rings is 2. The predicted octanol–water partition coefficient (Wildman–Crippen LogP) is 3.24. The average Bonchev–Trinajstić information content (AvgIpc) is 3.31. The lowest BCUT2D eigenvalue weighted by molar-refractivity contribution is 0.0694. The minimum atomic E-state index is -3.93. The molecule has 4 rings (SSSR count). The Balaban J connectivity index is 1.41. The quantitative estimate of drug-likeness (QED) is 0.614. The molecular weight excluding hydrogens is 439 g/mol. The van der Waals surface area contributed by atoms with Crippen LogP contribution >= 0.6 is 11.8 Å². The van der Waals surface area contributed by atoms with Gasteiger partial charge < -0.3 is 9.64 Å². The van der Waals surface area contributed by atoms with Gasteiger partial charge in [0.1, 0.15) is 10.7 Å². The maximum Gasteiger partial charge on any atom is 0.255 e. The third-order valence-corrected chi connectivity index (χ3v) is 8.68. The largest absolute Gasteiger partial charge is 0.377 e. The summed E-state index contributed by atoms with van der Waals surface area (Å²) in [5, 5.41) is 0. The lowest BCUT2D eigenvalue weighted by Gasteiger charge is -2.34. The van der Waals surface area contributed by atoms with Crippen LogP contribution in [0.1, 0.15) is 23.2 Å². The highest BCUT2D eigenvalue weighted by molar-refractivity contribution is 7.99. The molecule has 1 unspecified atom stereocenters. The third kappa shape index (κ3) is 4.95. The fourth-order valence-corrected chi connectivity index (χ4v) is 6.42. The highest BCUT2D eigenvalue weighted by Crippen LogP contribution is 2.28. The van der Waals surface area contributed by atoms with Crippen LogP contribution in [-0.2, 0) is 14.8 Å². The van der Waals surface area contributed by atoms with Gasteiger partial charge in [-0.05, 0) is 37.1 Å². The number of amides is 1. The molecule has 2 aromatic rings. The van der Waals surface area contributed by atoms with Gasteiger partial charge in [-0.25, -0.2) is 12.8 Å². The summed E-state index contributed by atoms with van der Waals surface area (Å²) in [6.07, 6.45) is 2.34. The second-order valence-electron chi connectivity index (χ2n) is 7.57. The summed E-state index contributed by atoms with van der Waals surface area (Å²) in [6, 6.07) is 12.9. The van der Waals surface area contributed by atoms with E-state index in [1.807, 2.05) is 24.3 Å². The smallest absolute Gasteiger partial charge is 0.255 e. The lowest BCUT2D eigenvalue weighted by atomic mass is 10.2. The van der Waals surface area contributed by atoms with Crippen LogP contribution in [-0.4, -0.2) is 68.2 Å². The van der Waals surface area contributed by atoms with Crippen molar-refractivity contribution in [1.29, 1.82) is 0 Å². The predicted molar refractivity (Wildman–Crippen MR) is 117 cm³/mol. The Morgan fingerprint density at radius 2 is 1.77 bits per heavy atom. The van der Waals surface area contributed by atoms with Gasteiger partial charge in [-0.2, -0.15) is 4.31 Å². The van der Waals surface area contributed by atoms with Crippen LogP contribution in [0, 0.1) is 5.82 Å². The molecule has 6 nitrogen and oxygen atoms in total. The average molecular weight is 465 g/mol. The fourth-order valence-electron chi connectivity index (χ4n) is 3.82. The van der Waals surface area contributed by atoms with Crippen LogP contribution in [0.4, 0.5) is 4.39 Å². The molecule has 1 amide bonds. The number of carbonyl (C=O) groups is 1. The van der Waals surface area contributed by atoms with Gasteiger partial charge in [0, 0.05) is 43.4 Å². The number of carbonyl (C=O) groups excluding carboxylic acids is 1. The van der Waals surface area contributed by atoms with Crippen molar-refractivity contribution in [2.24, 2.45) is 0 Å². The van der Waals surface area contributed by atoms with Gasteiger partial charge in [-0.3, -0.25) is 4.79 Å². The van der Waals surface area contributed by atoms with Gasteiger partial charge in [-0.15, -0.1) is 11.8 Å². The van der Waals surface area contributed by atoms with Crippen molar-refractivity contribution >= 4 is 27.7 Å². The summed E-state index contributed by atoms with van der Waals surface area (Å²) in [5.74, 6) is -0.0736. The van der Waals surface area contributed by atoms with Gasteiger partial charge >= 0.3 is 0 Å². The first-order chi connectivity index (χ1) is 15.0. The van der Waals surface area contributed by atoms with Crippen molar-refractivity contribution in [2.75, 3.05) is 38.5 Å². The molecule has 0 radical (unpaired) electrons. The molecule has 0 aromatic heterocycles. The SMILES string of the molecule is O=C(c1ccccc1SCC1CCCO1)N1CCN(S(=O)(=O)c2ccccc2F)CC1. The third-order valence-electron chi connectivity index (χ3n) is 5.55. The number of rotatable bonds is 6. The number of sulfonamides is 1. The van der Waals surface area contributed by atoms with Crippen LogP contribution in [0.25, 0.3) is 0 Å². The van der Waals surface area contributed by atoms with Crippen molar-refractivity contribution < 1.29 is 22.3 Å². The van der Waals surface area contributed by atoms with E-state index in [4.69, 9.17) is 4.74 Å². The molecule has 1 atom stereocenters. The highest BCUT2D eigenvalue weighted by Gasteiger charge is 2.32. The first-order valence-electron chi connectivity index (χ1n) is 10.3. The van der Waals surface area contributed by atoms with Crippen LogP contribution in [0.15, 0.2) is 58.3 Å². The Bertz CT molecular complexity index is 1030. The number of ether oxygens (including phenoxy) is 1. The minimum Gasteiger partial charge on any atom is -0.377 e. The topological polar surface area (TPSA) is 66.9 Å². The van der Waals surface area contributed by atoms with Gasteiger partial charge in [0.05, 0.1) is 11.7 Å². The van der Waals surface area contributed by atoms with E-state index in [0.29, 0.717) is 5.56 Å². The van der Waals surface area contributed by atoms with E-state index in [0.717, 1.165) is 36.2 Å². The Morgan fingerprint density at radius 3 is 2.48 bits per heavy atom. The van der Waals surface area contributed by atoms with Gasteiger partial charge in [0.15, 0.2) is 0 Å². The van der Waals surface area contributed by atoms with Crippen LogP contribution in [0.5, 0.6) is 0 Å².